The maximum atomic E-state index is 11.1. The maximum Gasteiger partial charge on any atom is 0.190 e. The van der Waals surface area contributed by atoms with Crippen molar-refractivity contribution in [2.45, 2.75) is 123 Å². The molecule has 0 spiro atoms. The molecule has 4 heterocycles. The highest BCUT2D eigenvalue weighted by molar-refractivity contribution is 4.97. The summed E-state index contributed by atoms with van der Waals surface area (Å²) in [5, 5.41) is 143. The van der Waals surface area contributed by atoms with Crippen molar-refractivity contribution in [2.75, 3.05) is 26.4 Å². The lowest BCUT2D eigenvalue weighted by Crippen LogP contribution is -2.67. The predicted octanol–water partition coefficient (Wildman–Crippen LogP) is -9.75. The normalized spacial score (nSPS) is 52.9. The third kappa shape index (κ3) is 7.44. The summed E-state index contributed by atoms with van der Waals surface area (Å²) in [7, 11) is 0. The van der Waals surface area contributed by atoms with Gasteiger partial charge in [-0.1, -0.05) is 0 Å². The molecule has 45 heavy (non-hydrogen) atoms. The Morgan fingerprint density at radius 1 is 0.311 bits per heavy atom. The lowest BCUT2D eigenvalue weighted by Gasteiger charge is -2.49. The van der Waals surface area contributed by atoms with E-state index in [1.54, 1.807) is 0 Å². The molecule has 0 aromatic heterocycles. The monoisotopic (exact) mass is 666 g/mol. The number of hydrogen-bond donors (Lipinski definition) is 14. The molecule has 0 amide bonds. The van der Waals surface area contributed by atoms with Gasteiger partial charge in [-0.05, 0) is 0 Å². The first kappa shape index (κ1) is 37.0. The molecule has 20 atom stereocenters. The molecular formula is C24H42O21. The average molecular weight is 667 g/mol. The topological polar surface area (TPSA) is 348 Å². The Balaban J connectivity index is 1.56. The minimum Gasteiger partial charge on any atom is -0.394 e. The lowest BCUT2D eigenvalue weighted by atomic mass is 9.96. The lowest BCUT2D eigenvalue weighted by molar-refractivity contribution is -0.409. The van der Waals surface area contributed by atoms with Crippen molar-refractivity contribution in [2.24, 2.45) is 0 Å². The molecule has 4 saturated heterocycles. The Morgan fingerprint density at radius 3 is 1.07 bits per heavy atom. The van der Waals surface area contributed by atoms with Crippen molar-refractivity contribution < 1.29 is 105 Å². The molecule has 0 aromatic carbocycles. The second-order valence-electron chi connectivity index (χ2n) is 11.1. The number of hydrogen-bond acceptors (Lipinski definition) is 21. The number of rotatable bonds is 10. The zero-order chi connectivity index (χ0) is 33.3. The maximum absolute atomic E-state index is 11.1. The van der Waals surface area contributed by atoms with Crippen LogP contribution in [0.4, 0.5) is 0 Å². The van der Waals surface area contributed by atoms with Crippen molar-refractivity contribution in [3.05, 3.63) is 0 Å². The van der Waals surface area contributed by atoms with Crippen molar-refractivity contribution in [3.8, 4) is 0 Å². The second-order valence-corrected chi connectivity index (χ2v) is 11.1. The molecular weight excluding hydrogens is 624 g/mol. The van der Waals surface area contributed by atoms with E-state index in [-0.39, 0.29) is 0 Å². The van der Waals surface area contributed by atoms with Gasteiger partial charge in [-0.25, -0.2) is 0 Å². The highest BCUT2D eigenvalue weighted by Crippen LogP contribution is 2.34. The van der Waals surface area contributed by atoms with Crippen LogP contribution in [-0.4, -0.2) is 221 Å². The Labute approximate surface area is 254 Å². The summed E-state index contributed by atoms with van der Waals surface area (Å²) in [6.07, 6.45) is -36.2. The van der Waals surface area contributed by atoms with E-state index in [1.807, 2.05) is 0 Å². The summed E-state index contributed by atoms with van der Waals surface area (Å²) in [4.78, 5) is 0. The Kier molecular flexibility index (Phi) is 12.8. The van der Waals surface area contributed by atoms with Crippen molar-refractivity contribution in [1.82, 2.24) is 0 Å². The molecule has 21 heteroatoms. The van der Waals surface area contributed by atoms with Gasteiger partial charge in [0.2, 0.25) is 0 Å². The summed E-state index contributed by atoms with van der Waals surface area (Å²) in [6, 6.07) is 0. The van der Waals surface area contributed by atoms with Crippen LogP contribution in [-0.2, 0) is 33.2 Å². The highest BCUT2D eigenvalue weighted by Gasteiger charge is 2.55. The summed E-state index contributed by atoms with van der Waals surface area (Å²) < 4.78 is 38.2. The molecule has 21 nitrogen and oxygen atoms in total. The van der Waals surface area contributed by atoms with Crippen LogP contribution in [0.2, 0.25) is 0 Å². The molecule has 0 aromatic rings. The van der Waals surface area contributed by atoms with Gasteiger partial charge in [-0.3, -0.25) is 0 Å². The van der Waals surface area contributed by atoms with E-state index in [2.05, 4.69) is 0 Å². The Hall–Kier alpha value is -0.840. The second kappa shape index (κ2) is 15.6. The molecule has 4 aliphatic heterocycles. The minimum absolute atomic E-state index is 0.816. The summed E-state index contributed by atoms with van der Waals surface area (Å²) in [5.74, 6) is 0. The molecule has 0 unspecified atom stereocenters. The summed E-state index contributed by atoms with van der Waals surface area (Å²) >= 11 is 0. The number of aliphatic hydroxyl groups excluding tert-OH is 14. The van der Waals surface area contributed by atoms with Crippen molar-refractivity contribution >= 4 is 0 Å². The summed E-state index contributed by atoms with van der Waals surface area (Å²) in [5.41, 5.74) is 0. The first-order valence-electron chi connectivity index (χ1n) is 14.1. The highest BCUT2D eigenvalue weighted by atomic mass is 16.8. The van der Waals surface area contributed by atoms with Crippen molar-refractivity contribution in [1.29, 1.82) is 0 Å². The SMILES string of the molecule is OC[C@H]1O[C@@H](O[C@@H]2[C@@H](O)[C@@H](O[C@H]3O[C@H](CO)[C@@H](O)[C@H](O)[C@H]3O[C@@H]3O[C@H](CO)[C@@H](O)[C@H](O)[C@H]3O)O[C@H](CO)[C@H]2O)[C@H](O)[C@@H](O)[C@@H]1O. The largest absolute Gasteiger partial charge is 0.394 e. The molecule has 14 N–H and O–H groups in total. The first-order chi connectivity index (χ1) is 21.3. The Bertz CT molecular complexity index is 914. The third-order valence-electron chi connectivity index (χ3n) is 8.19. The smallest absolute Gasteiger partial charge is 0.190 e. The van der Waals surface area contributed by atoms with Gasteiger partial charge >= 0.3 is 0 Å². The van der Waals surface area contributed by atoms with Crippen LogP contribution in [0.25, 0.3) is 0 Å². The molecule has 4 fully saturated rings. The molecule has 0 saturated carbocycles. The fourth-order valence-electron chi connectivity index (χ4n) is 5.44. The van der Waals surface area contributed by atoms with Crippen LogP contribution in [0.5, 0.6) is 0 Å². The van der Waals surface area contributed by atoms with Gasteiger partial charge in [-0.15, -0.1) is 0 Å². The van der Waals surface area contributed by atoms with Crippen LogP contribution in [0.3, 0.4) is 0 Å². The van der Waals surface area contributed by atoms with Crippen LogP contribution in [0, 0.1) is 0 Å². The van der Waals surface area contributed by atoms with E-state index in [1.165, 1.54) is 0 Å². The molecule has 4 aliphatic rings. The minimum atomic E-state index is -2.05. The predicted molar refractivity (Wildman–Crippen MR) is 134 cm³/mol. The molecule has 0 aliphatic carbocycles. The zero-order valence-corrected chi connectivity index (χ0v) is 23.5. The average Bonchev–Trinajstić information content (AvgIpc) is 3.03. The molecule has 0 bridgehead atoms. The summed E-state index contributed by atoms with van der Waals surface area (Å²) in [6.45, 7) is -3.42. The zero-order valence-electron chi connectivity index (χ0n) is 23.5. The third-order valence-corrected chi connectivity index (χ3v) is 8.19. The van der Waals surface area contributed by atoms with Gasteiger partial charge in [0, 0.05) is 0 Å². The molecule has 264 valence electrons. The van der Waals surface area contributed by atoms with Crippen LogP contribution >= 0.6 is 0 Å². The van der Waals surface area contributed by atoms with Gasteiger partial charge in [-0.2, -0.15) is 0 Å². The van der Waals surface area contributed by atoms with Gasteiger partial charge in [0.25, 0.3) is 0 Å². The van der Waals surface area contributed by atoms with E-state index in [0.29, 0.717) is 0 Å². The first-order valence-corrected chi connectivity index (χ1v) is 14.1. The van der Waals surface area contributed by atoms with E-state index in [4.69, 9.17) is 33.2 Å². The van der Waals surface area contributed by atoms with Gasteiger partial charge in [0.15, 0.2) is 25.2 Å². The number of ether oxygens (including phenoxy) is 7. The van der Waals surface area contributed by atoms with E-state index in [9.17, 15) is 71.5 Å². The van der Waals surface area contributed by atoms with Crippen LogP contribution in [0.15, 0.2) is 0 Å². The van der Waals surface area contributed by atoms with Gasteiger partial charge in [0.05, 0.1) is 26.4 Å². The van der Waals surface area contributed by atoms with E-state index in [0.717, 1.165) is 0 Å². The molecule has 0 radical (unpaired) electrons. The van der Waals surface area contributed by atoms with Gasteiger partial charge in [0.1, 0.15) is 97.7 Å². The van der Waals surface area contributed by atoms with Crippen LogP contribution in [0.1, 0.15) is 0 Å². The van der Waals surface area contributed by atoms with Crippen molar-refractivity contribution in [3.63, 3.8) is 0 Å². The quantitative estimate of drug-likeness (QED) is 0.103. The Morgan fingerprint density at radius 2 is 0.644 bits per heavy atom. The number of aliphatic hydroxyl groups is 14. The van der Waals surface area contributed by atoms with Gasteiger partial charge < -0.3 is 105 Å². The standard InChI is InChI=1S/C24H42O21/c25-1-5-9(29)13(33)16(36)21(39-5)43-19-12(32)8(4-28)41-23(18(19)38)45-24-20(15(35)11(31)7(3-27)42-24)44-22-17(37)14(34)10(30)6(2-26)40-22/h5-38H,1-4H2/t5-,6-,7-,8-,9-,10-,11-,12-,13+,14+,15+,16-,17-,18-,19+,20-,21+,22+,23-,24-/m1/s1. The molecule has 4 rings (SSSR count). The fraction of sp³-hybridized carbons (Fsp3) is 1.00. The van der Waals surface area contributed by atoms with E-state index >= 15 is 0 Å². The fourth-order valence-corrected chi connectivity index (χ4v) is 5.44. The van der Waals surface area contributed by atoms with E-state index < -0.39 is 149 Å². The van der Waals surface area contributed by atoms with Crippen LogP contribution < -0.4 is 0 Å².